The number of hydrogen-bond acceptors (Lipinski definition) is 6. The molecule has 1 fully saturated rings. The molecule has 0 saturated carbocycles. The highest BCUT2D eigenvalue weighted by Gasteiger charge is 2.19. The van der Waals surface area contributed by atoms with E-state index in [1.54, 1.807) is 18.4 Å². The standard InChI is InChI=1S/C12H13N3O3S/c16-10(15-5-1-2-6-15)8-19-12-14-13-11(18-12)9-4-3-7-17-9/h3-4,7H,1-2,5-6,8H2. The van der Waals surface area contributed by atoms with Crippen LogP contribution in [0.1, 0.15) is 12.8 Å². The van der Waals surface area contributed by atoms with E-state index in [4.69, 9.17) is 8.83 Å². The molecule has 1 saturated heterocycles. The van der Waals surface area contributed by atoms with Crippen molar-refractivity contribution < 1.29 is 13.6 Å². The monoisotopic (exact) mass is 279 g/mol. The topological polar surface area (TPSA) is 72.4 Å². The van der Waals surface area contributed by atoms with Gasteiger partial charge in [-0.25, -0.2) is 0 Å². The number of likely N-dealkylation sites (tertiary alicyclic amines) is 1. The summed E-state index contributed by atoms with van der Waals surface area (Å²) in [6.07, 6.45) is 3.74. The lowest BCUT2D eigenvalue weighted by Crippen LogP contribution is -2.29. The molecular weight excluding hydrogens is 266 g/mol. The van der Waals surface area contributed by atoms with Crippen LogP contribution < -0.4 is 0 Å². The van der Waals surface area contributed by atoms with Gasteiger partial charge in [0.1, 0.15) is 0 Å². The second kappa shape index (κ2) is 5.48. The van der Waals surface area contributed by atoms with E-state index in [9.17, 15) is 4.79 Å². The number of rotatable bonds is 4. The lowest BCUT2D eigenvalue weighted by molar-refractivity contribution is -0.127. The zero-order chi connectivity index (χ0) is 13.1. The molecule has 0 radical (unpaired) electrons. The fourth-order valence-corrected chi connectivity index (χ4v) is 2.62. The van der Waals surface area contributed by atoms with Crippen molar-refractivity contribution in [2.75, 3.05) is 18.8 Å². The van der Waals surface area contributed by atoms with Gasteiger partial charge in [-0.05, 0) is 25.0 Å². The van der Waals surface area contributed by atoms with Crippen molar-refractivity contribution in [1.82, 2.24) is 15.1 Å². The maximum Gasteiger partial charge on any atom is 0.284 e. The van der Waals surface area contributed by atoms with Gasteiger partial charge in [0.05, 0.1) is 12.0 Å². The Morgan fingerprint density at radius 1 is 1.37 bits per heavy atom. The highest BCUT2D eigenvalue weighted by Crippen LogP contribution is 2.23. The Labute approximate surface area is 114 Å². The molecule has 2 aromatic heterocycles. The SMILES string of the molecule is O=C(CSc1nnc(-c2ccco2)o1)N1CCCC1. The second-order valence-electron chi connectivity index (χ2n) is 4.23. The first-order valence-corrected chi connectivity index (χ1v) is 7.09. The van der Waals surface area contributed by atoms with Gasteiger partial charge >= 0.3 is 0 Å². The van der Waals surface area contributed by atoms with Crippen LogP contribution in [0.25, 0.3) is 11.7 Å². The predicted molar refractivity (Wildman–Crippen MR) is 68.5 cm³/mol. The number of carbonyl (C=O) groups is 1. The van der Waals surface area contributed by atoms with Gasteiger partial charge in [-0.2, -0.15) is 0 Å². The van der Waals surface area contributed by atoms with Crippen molar-refractivity contribution in [3.8, 4) is 11.7 Å². The van der Waals surface area contributed by atoms with E-state index in [2.05, 4.69) is 10.2 Å². The molecule has 3 heterocycles. The number of amides is 1. The molecular formula is C12H13N3O3S. The maximum atomic E-state index is 11.9. The van der Waals surface area contributed by atoms with Crippen LogP contribution in [0, 0.1) is 0 Å². The normalized spacial score (nSPS) is 15.1. The molecule has 7 heteroatoms. The largest absolute Gasteiger partial charge is 0.459 e. The molecule has 1 aliphatic heterocycles. The van der Waals surface area contributed by atoms with Crippen LogP contribution in [0.15, 0.2) is 32.5 Å². The number of carbonyl (C=O) groups excluding carboxylic acids is 1. The minimum atomic E-state index is 0.125. The maximum absolute atomic E-state index is 11.9. The van der Waals surface area contributed by atoms with Crippen molar-refractivity contribution in [2.45, 2.75) is 18.1 Å². The fraction of sp³-hybridized carbons (Fsp3) is 0.417. The molecule has 0 bridgehead atoms. The van der Waals surface area contributed by atoms with Crippen molar-refractivity contribution >= 4 is 17.7 Å². The van der Waals surface area contributed by atoms with Crippen LogP contribution in [0.2, 0.25) is 0 Å². The summed E-state index contributed by atoms with van der Waals surface area (Å²) in [4.78, 5) is 13.7. The third-order valence-corrected chi connectivity index (χ3v) is 3.72. The van der Waals surface area contributed by atoms with Crippen LogP contribution >= 0.6 is 11.8 Å². The first-order valence-electron chi connectivity index (χ1n) is 6.11. The zero-order valence-electron chi connectivity index (χ0n) is 10.2. The molecule has 0 atom stereocenters. The van der Waals surface area contributed by atoms with Gasteiger partial charge in [0.25, 0.3) is 11.1 Å². The molecule has 1 amide bonds. The van der Waals surface area contributed by atoms with E-state index in [0.29, 0.717) is 22.6 Å². The van der Waals surface area contributed by atoms with E-state index in [1.165, 1.54) is 11.8 Å². The third-order valence-electron chi connectivity index (χ3n) is 2.92. The number of nitrogens with zero attached hydrogens (tertiary/aromatic N) is 3. The van der Waals surface area contributed by atoms with Crippen molar-refractivity contribution in [3.05, 3.63) is 18.4 Å². The van der Waals surface area contributed by atoms with Gasteiger partial charge in [0.2, 0.25) is 5.91 Å². The quantitative estimate of drug-likeness (QED) is 0.797. The Hall–Kier alpha value is -1.76. The average Bonchev–Trinajstić information content (AvgIpc) is 3.14. The Morgan fingerprint density at radius 3 is 2.95 bits per heavy atom. The van der Waals surface area contributed by atoms with E-state index in [1.807, 2.05) is 4.90 Å². The van der Waals surface area contributed by atoms with Gasteiger partial charge in [-0.15, -0.1) is 10.2 Å². The van der Waals surface area contributed by atoms with E-state index in [-0.39, 0.29) is 5.91 Å². The molecule has 1 aliphatic rings. The summed E-state index contributed by atoms with van der Waals surface area (Å²) in [6.45, 7) is 1.72. The summed E-state index contributed by atoms with van der Waals surface area (Å²) in [5, 5.41) is 8.15. The summed E-state index contributed by atoms with van der Waals surface area (Å²) < 4.78 is 10.6. The molecule has 0 aliphatic carbocycles. The van der Waals surface area contributed by atoms with Crippen LogP contribution in [0.5, 0.6) is 0 Å². The van der Waals surface area contributed by atoms with E-state index < -0.39 is 0 Å². The van der Waals surface area contributed by atoms with Crippen molar-refractivity contribution in [2.24, 2.45) is 0 Å². The number of thioether (sulfide) groups is 1. The summed E-state index contributed by atoms with van der Waals surface area (Å²) in [7, 11) is 0. The van der Waals surface area contributed by atoms with Gasteiger partial charge in [-0.1, -0.05) is 11.8 Å². The van der Waals surface area contributed by atoms with Crippen LogP contribution in [-0.2, 0) is 4.79 Å². The third kappa shape index (κ3) is 2.81. The highest BCUT2D eigenvalue weighted by molar-refractivity contribution is 7.99. The van der Waals surface area contributed by atoms with Crippen LogP contribution in [-0.4, -0.2) is 39.8 Å². The number of furan rings is 1. The molecule has 0 spiro atoms. The van der Waals surface area contributed by atoms with Gasteiger partial charge in [-0.3, -0.25) is 4.79 Å². The smallest absolute Gasteiger partial charge is 0.284 e. The molecule has 19 heavy (non-hydrogen) atoms. The van der Waals surface area contributed by atoms with E-state index in [0.717, 1.165) is 25.9 Å². The zero-order valence-corrected chi connectivity index (χ0v) is 11.1. The Balaban J connectivity index is 1.57. The van der Waals surface area contributed by atoms with Crippen LogP contribution in [0.3, 0.4) is 0 Å². The Bertz CT molecular complexity index is 546. The Morgan fingerprint density at radius 2 is 2.21 bits per heavy atom. The fourth-order valence-electron chi connectivity index (χ4n) is 1.95. The molecule has 100 valence electrons. The molecule has 6 nitrogen and oxygen atoms in total. The molecule has 0 aromatic carbocycles. The van der Waals surface area contributed by atoms with Gasteiger partial charge < -0.3 is 13.7 Å². The summed E-state index contributed by atoms with van der Waals surface area (Å²) in [5.74, 6) is 1.33. The van der Waals surface area contributed by atoms with E-state index >= 15 is 0 Å². The first kappa shape index (κ1) is 12.3. The lowest BCUT2D eigenvalue weighted by atomic mass is 10.4. The molecule has 2 aromatic rings. The summed E-state index contributed by atoms with van der Waals surface area (Å²) in [6, 6.07) is 3.50. The lowest BCUT2D eigenvalue weighted by Gasteiger charge is -2.13. The minimum absolute atomic E-state index is 0.125. The van der Waals surface area contributed by atoms with Crippen molar-refractivity contribution in [1.29, 1.82) is 0 Å². The predicted octanol–water partition coefficient (Wildman–Crippen LogP) is 2.04. The van der Waals surface area contributed by atoms with Crippen LogP contribution in [0.4, 0.5) is 0 Å². The molecule has 0 N–H and O–H groups in total. The summed E-state index contributed by atoms with van der Waals surface area (Å²) in [5.41, 5.74) is 0. The Kier molecular flexibility index (Phi) is 3.54. The summed E-state index contributed by atoms with van der Waals surface area (Å²) >= 11 is 1.26. The average molecular weight is 279 g/mol. The van der Waals surface area contributed by atoms with Gasteiger partial charge in [0.15, 0.2) is 5.76 Å². The molecule has 3 rings (SSSR count). The minimum Gasteiger partial charge on any atom is -0.459 e. The number of hydrogen-bond donors (Lipinski definition) is 0. The second-order valence-corrected chi connectivity index (χ2v) is 5.15. The first-order chi connectivity index (χ1) is 9.33. The highest BCUT2D eigenvalue weighted by atomic mass is 32.2. The van der Waals surface area contributed by atoms with Gasteiger partial charge in [0, 0.05) is 13.1 Å². The number of aromatic nitrogens is 2. The molecule has 0 unspecified atom stereocenters. The van der Waals surface area contributed by atoms with Crippen molar-refractivity contribution in [3.63, 3.8) is 0 Å².